The van der Waals surface area contributed by atoms with Gasteiger partial charge in [0.2, 0.25) is 12.2 Å². The van der Waals surface area contributed by atoms with Crippen LogP contribution in [0.2, 0.25) is 0 Å². The first kappa shape index (κ1) is 22.4. The van der Waals surface area contributed by atoms with Gasteiger partial charge >= 0.3 is 23.9 Å². The van der Waals surface area contributed by atoms with Crippen LogP contribution in [0.3, 0.4) is 0 Å². The van der Waals surface area contributed by atoms with Crippen LogP contribution in [0.15, 0.2) is 0 Å². The van der Waals surface area contributed by atoms with E-state index in [1.165, 1.54) is 6.92 Å². The molecule has 0 aromatic rings. The SMILES string of the molecule is CC(=O)N[C@H]1C(OC(C)=O)O[C@H](COC(C)=O)[C@@H](OC(C)=O)[C@H]1OC(C)=O. The quantitative estimate of drug-likeness (QED) is 0.453. The maximum Gasteiger partial charge on any atom is 0.305 e. The zero-order valence-electron chi connectivity index (χ0n) is 15.7. The molecule has 1 aliphatic heterocycles. The van der Waals surface area contributed by atoms with E-state index >= 15 is 0 Å². The molecule has 0 radical (unpaired) electrons. The Morgan fingerprint density at radius 1 is 0.778 bits per heavy atom. The van der Waals surface area contributed by atoms with E-state index in [9.17, 15) is 24.0 Å². The summed E-state index contributed by atoms with van der Waals surface area (Å²) in [5, 5.41) is 2.46. The second-order valence-electron chi connectivity index (χ2n) is 5.83. The number of amides is 1. The molecule has 27 heavy (non-hydrogen) atoms. The van der Waals surface area contributed by atoms with Gasteiger partial charge in [-0.1, -0.05) is 0 Å². The molecule has 5 atom stereocenters. The maximum absolute atomic E-state index is 11.6. The highest BCUT2D eigenvalue weighted by Gasteiger charge is 2.52. The molecule has 1 fully saturated rings. The Balaban J connectivity index is 3.29. The summed E-state index contributed by atoms with van der Waals surface area (Å²) in [6.07, 6.45) is -4.97. The lowest BCUT2D eigenvalue weighted by Crippen LogP contribution is -2.66. The van der Waals surface area contributed by atoms with E-state index in [4.69, 9.17) is 23.7 Å². The lowest BCUT2D eigenvalue weighted by Gasteiger charge is -2.44. The molecular formula is C16H23NO10. The third-order valence-corrected chi connectivity index (χ3v) is 3.35. The number of rotatable bonds is 6. The zero-order valence-corrected chi connectivity index (χ0v) is 15.7. The number of esters is 4. The molecule has 0 aromatic carbocycles. The second-order valence-corrected chi connectivity index (χ2v) is 5.83. The zero-order chi connectivity index (χ0) is 20.7. The predicted molar refractivity (Wildman–Crippen MR) is 85.8 cm³/mol. The summed E-state index contributed by atoms with van der Waals surface area (Å²) >= 11 is 0. The van der Waals surface area contributed by atoms with E-state index < -0.39 is 60.4 Å². The summed E-state index contributed by atoms with van der Waals surface area (Å²) in [6, 6.07) is -1.16. The lowest BCUT2D eigenvalue weighted by molar-refractivity contribution is -0.270. The number of carbonyl (C=O) groups is 5. The first-order valence-electron chi connectivity index (χ1n) is 8.08. The fourth-order valence-corrected chi connectivity index (χ4v) is 2.55. The van der Waals surface area contributed by atoms with E-state index in [0.717, 1.165) is 27.7 Å². The van der Waals surface area contributed by atoms with Crippen molar-refractivity contribution in [2.24, 2.45) is 0 Å². The van der Waals surface area contributed by atoms with Crippen LogP contribution >= 0.6 is 0 Å². The highest BCUT2D eigenvalue weighted by molar-refractivity contribution is 5.74. The molecule has 11 nitrogen and oxygen atoms in total. The Kier molecular flexibility index (Phi) is 8.16. The van der Waals surface area contributed by atoms with E-state index in [1.54, 1.807) is 0 Å². The third kappa shape index (κ3) is 7.21. The molecular weight excluding hydrogens is 366 g/mol. The smallest absolute Gasteiger partial charge is 0.305 e. The van der Waals surface area contributed by atoms with Crippen molar-refractivity contribution in [2.45, 2.75) is 65.3 Å². The van der Waals surface area contributed by atoms with Gasteiger partial charge in [0, 0.05) is 34.6 Å². The number of ether oxygens (including phenoxy) is 5. The monoisotopic (exact) mass is 389 g/mol. The summed E-state index contributed by atoms with van der Waals surface area (Å²) in [4.78, 5) is 57.2. The van der Waals surface area contributed by atoms with Gasteiger partial charge in [0.15, 0.2) is 12.2 Å². The number of hydrogen-bond donors (Lipinski definition) is 1. The summed E-state index contributed by atoms with van der Waals surface area (Å²) in [7, 11) is 0. The molecule has 0 bridgehead atoms. The van der Waals surface area contributed by atoms with Crippen LogP contribution in [0.4, 0.5) is 0 Å². The fourth-order valence-electron chi connectivity index (χ4n) is 2.55. The van der Waals surface area contributed by atoms with Crippen LogP contribution in [-0.2, 0) is 47.7 Å². The third-order valence-electron chi connectivity index (χ3n) is 3.35. The van der Waals surface area contributed by atoms with Gasteiger partial charge in [-0.05, 0) is 0 Å². The Morgan fingerprint density at radius 2 is 1.30 bits per heavy atom. The topological polar surface area (TPSA) is 144 Å². The van der Waals surface area contributed by atoms with E-state index in [1.807, 2.05) is 0 Å². The Hall–Kier alpha value is -2.69. The molecule has 1 amide bonds. The van der Waals surface area contributed by atoms with Crippen LogP contribution in [0.25, 0.3) is 0 Å². The first-order valence-corrected chi connectivity index (χ1v) is 8.08. The summed E-state index contributed by atoms with van der Waals surface area (Å²) in [6.45, 7) is 5.36. The Labute approximate surface area is 155 Å². The number of carbonyl (C=O) groups excluding carboxylic acids is 5. The molecule has 1 unspecified atom stereocenters. The van der Waals surface area contributed by atoms with Crippen molar-refractivity contribution in [1.29, 1.82) is 0 Å². The van der Waals surface area contributed by atoms with Crippen LogP contribution < -0.4 is 5.32 Å². The minimum Gasteiger partial charge on any atom is -0.463 e. The van der Waals surface area contributed by atoms with Crippen molar-refractivity contribution in [3.63, 3.8) is 0 Å². The lowest BCUT2D eigenvalue weighted by atomic mass is 9.96. The van der Waals surface area contributed by atoms with Crippen molar-refractivity contribution >= 4 is 29.8 Å². The molecule has 152 valence electrons. The van der Waals surface area contributed by atoms with Crippen molar-refractivity contribution in [2.75, 3.05) is 6.61 Å². The van der Waals surface area contributed by atoms with Crippen molar-refractivity contribution < 1.29 is 47.7 Å². The molecule has 0 saturated carbocycles. The minimum atomic E-state index is -1.37. The second kappa shape index (κ2) is 9.86. The average molecular weight is 389 g/mol. The van der Waals surface area contributed by atoms with Gasteiger partial charge < -0.3 is 29.0 Å². The van der Waals surface area contributed by atoms with Crippen molar-refractivity contribution in [3.8, 4) is 0 Å². The summed E-state index contributed by atoms with van der Waals surface area (Å²) < 4.78 is 25.9. The Morgan fingerprint density at radius 3 is 1.74 bits per heavy atom. The van der Waals surface area contributed by atoms with Gasteiger partial charge in [-0.2, -0.15) is 0 Å². The van der Waals surface area contributed by atoms with E-state index in [-0.39, 0.29) is 6.61 Å². The highest BCUT2D eigenvalue weighted by atomic mass is 16.7. The number of hydrogen-bond acceptors (Lipinski definition) is 10. The van der Waals surface area contributed by atoms with E-state index in [0.29, 0.717) is 0 Å². The van der Waals surface area contributed by atoms with Crippen LogP contribution in [0, 0.1) is 0 Å². The van der Waals surface area contributed by atoms with Gasteiger partial charge in [0.25, 0.3) is 0 Å². The largest absolute Gasteiger partial charge is 0.463 e. The van der Waals surface area contributed by atoms with Crippen LogP contribution in [-0.4, -0.2) is 67.0 Å². The van der Waals surface area contributed by atoms with Gasteiger partial charge in [0.05, 0.1) is 0 Å². The molecule has 1 aliphatic rings. The molecule has 1 saturated heterocycles. The summed E-state index contributed by atoms with van der Waals surface area (Å²) in [5.41, 5.74) is 0. The average Bonchev–Trinajstić information content (AvgIpc) is 2.49. The Bertz CT molecular complexity index is 604. The van der Waals surface area contributed by atoms with Gasteiger partial charge in [-0.25, -0.2) is 0 Å². The van der Waals surface area contributed by atoms with E-state index in [2.05, 4.69) is 5.32 Å². The molecule has 1 rings (SSSR count). The standard InChI is InChI=1S/C16H23NO10/c1-7(18)17-13-15(25-10(4)21)14(24-9(3)20)12(6-23-8(2)19)27-16(13)26-11(5)22/h12-16H,6H2,1-5H3,(H,17,18)/t12-,13-,14-,15+,16?/m1/s1. The van der Waals surface area contributed by atoms with Crippen LogP contribution in [0.1, 0.15) is 34.6 Å². The van der Waals surface area contributed by atoms with Crippen molar-refractivity contribution in [3.05, 3.63) is 0 Å². The van der Waals surface area contributed by atoms with Gasteiger partial charge in [0.1, 0.15) is 18.8 Å². The van der Waals surface area contributed by atoms with Crippen molar-refractivity contribution in [1.82, 2.24) is 5.32 Å². The molecule has 0 spiro atoms. The fraction of sp³-hybridized carbons (Fsp3) is 0.688. The minimum absolute atomic E-state index is 0.365. The first-order chi connectivity index (χ1) is 12.5. The highest BCUT2D eigenvalue weighted by Crippen LogP contribution is 2.28. The van der Waals surface area contributed by atoms with Gasteiger partial charge in [-0.15, -0.1) is 0 Å². The maximum atomic E-state index is 11.6. The summed E-state index contributed by atoms with van der Waals surface area (Å²) in [5.74, 6) is -3.34. The predicted octanol–water partition coefficient (Wildman–Crippen LogP) is -0.794. The molecule has 1 heterocycles. The molecule has 1 N–H and O–H groups in total. The van der Waals surface area contributed by atoms with Gasteiger partial charge in [-0.3, -0.25) is 24.0 Å². The molecule has 11 heteroatoms. The normalized spacial score (nSPS) is 27.1. The molecule has 0 aliphatic carbocycles. The molecule has 0 aromatic heterocycles. The van der Waals surface area contributed by atoms with Crippen LogP contribution in [0.5, 0.6) is 0 Å². The number of nitrogens with one attached hydrogen (secondary N) is 1.